The molecule has 23 heavy (non-hydrogen) atoms. The molecule has 0 aliphatic carbocycles. The van der Waals surface area contributed by atoms with E-state index < -0.39 is 17.5 Å². The number of anilines is 2. The van der Waals surface area contributed by atoms with Crippen molar-refractivity contribution in [2.75, 3.05) is 10.6 Å². The highest BCUT2D eigenvalue weighted by molar-refractivity contribution is 5.85. The molecule has 0 bridgehead atoms. The van der Waals surface area contributed by atoms with Gasteiger partial charge >= 0.3 is 6.09 Å². The van der Waals surface area contributed by atoms with E-state index in [0.29, 0.717) is 12.2 Å². The second kappa shape index (κ2) is 7.09. The van der Waals surface area contributed by atoms with Crippen molar-refractivity contribution in [2.45, 2.75) is 32.9 Å². The predicted molar refractivity (Wildman–Crippen MR) is 87.8 cm³/mol. The molecule has 2 aromatic rings. The summed E-state index contributed by atoms with van der Waals surface area (Å²) in [6.45, 7) is 5.78. The molecule has 0 unspecified atom stereocenters. The van der Waals surface area contributed by atoms with Gasteiger partial charge in [0.05, 0.1) is 5.69 Å². The maximum Gasteiger partial charge on any atom is 0.412 e. The molecule has 0 radical (unpaired) electrons. The van der Waals surface area contributed by atoms with Crippen LogP contribution >= 0.6 is 0 Å². The van der Waals surface area contributed by atoms with E-state index in [1.807, 2.05) is 12.1 Å². The molecule has 1 aromatic carbocycles. The number of halogens is 1. The fourth-order valence-corrected chi connectivity index (χ4v) is 1.85. The van der Waals surface area contributed by atoms with Crippen LogP contribution in [0.15, 0.2) is 42.7 Å². The van der Waals surface area contributed by atoms with Crippen LogP contribution in [0, 0.1) is 5.82 Å². The normalized spacial score (nSPS) is 11.0. The first kappa shape index (κ1) is 16.7. The summed E-state index contributed by atoms with van der Waals surface area (Å²) in [5, 5.41) is 5.57. The van der Waals surface area contributed by atoms with Crippen LogP contribution in [0.5, 0.6) is 0 Å². The minimum atomic E-state index is -0.694. The number of hydrogen-bond acceptors (Lipinski definition) is 4. The lowest BCUT2D eigenvalue weighted by Crippen LogP contribution is -2.27. The Balaban J connectivity index is 2.02. The van der Waals surface area contributed by atoms with Crippen LogP contribution in [0.2, 0.25) is 0 Å². The summed E-state index contributed by atoms with van der Waals surface area (Å²) in [5.74, 6) is -0.525. The number of rotatable bonds is 4. The highest BCUT2D eigenvalue weighted by Crippen LogP contribution is 2.21. The van der Waals surface area contributed by atoms with Crippen molar-refractivity contribution >= 4 is 17.5 Å². The van der Waals surface area contributed by atoms with Crippen molar-refractivity contribution in [3.8, 4) is 0 Å². The summed E-state index contributed by atoms with van der Waals surface area (Å²) in [5.41, 5.74) is 1.10. The Labute approximate surface area is 134 Å². The molecule has 0 fully saturated rings. The summed E-state index contributed by atoms with van der Waals surface area (Å²) in [6.07, 6.45) is 2.75. The van der Waals surface area contributed by atoms with Crippen LogP contribution in [0.1, 0.15) is 26.3 Å². The molecule has 0 spiro atoms. The topological polar surface area (TPSA) is 63.2 Å². The SMILES string of the molecule is CC(C)(C)OC(=O)Nc1cc(NCc2cccnc2)ccc1F. The average molecular weight is 317 g/mol. The number of carbonyl (C=O) groups is 1. The Morgan fingerprint density at radius 1 is 1.30 bits per heavy atom. The van der Waals surface area contributed by atoms with Gasteiger partial charge in [0.1, 0.15) is 11.4 Å². The van der Waals surface area contributed by atoms with Crippen molar-refractivity contribution in [3.05, 3.63) is 54.1 Å². The van der Waals surface area contributed by atoms with Crippen LogP contribution < -0.4 is 10.6 Å². The maximum absolute atomic E-state index is 13.8. The molecule has 0 saturated heterocycles. The van der Waals surface area contributed by atoms with Gasteiger partial charge in [-0.15, -0.1) is 0 Å². The number of carbonyl (C=O) groups excluding carboxylic acids is 1. The number of ether oxygens (including phenoxy) is 1. The monoisotopic (exact) mass is 317 g/mol. The molecule has 0 saturated carbocycles. The van der Waals surface area contributed by atoms with Crippen molar-refractivity contribution in [1.29, 1.82) is 0 Å². The minimum absolute atomic E-state index is 0.0652. The molecule has 6 heteroatoms. The van der Waals surface area contributed by atoms with E-state index in [1.54, 1.807) is 39.2 Å². The predicted octanol–water partition coefficient (Wildman–Crippen LogP) is 4.18. The number of benzene rings is 1. The molecule has 122 valence electrons. The largest absolute Gasteiger partial charge is 0.444 e. The first-order chi connectivity index (χ1) is 10.8. The third-order valence-electron chi connectivity index (χ3n) is 2.82. The lowest BCUT2D eigenvalue weighted by atomic mass is 10.2. The summed E-state index contributed by atoms with van der Waals surface area (Å²) >= 11 is 0. The number of amides is 1. The van der Waals surface area contributed by atoms with Gasteiger partial charge in [0.25, 0.3) is 0 Å². The van der Waals surface area contributed by atoms with Gasteiger partial charge in [-0.1, -0.05) is 6.07 Å². The van der Waals surface area contributed by atoms with Crippen LogP contribution in [0.4, 0.5) is 20.6 Å². The van der Waals surface area contributed by atoms with Crippen molar-refractivity contribution in [3.63, 3.8) is 0 Å². The molecule has 0 aliphatic heterocycles. The summed E-state index contributed by atoms with van der Waals surface area (Å²) < 4.78 is 18.9. The zero-order valence-corrected chi connectivity index (χ0v) is 13.4. The lowest BCUT2D eigenvalue weighted by molar-refractivity contribution is 0.0635. The van der Waals surface area contributed by atoms with E-state index >= 15 is 0 Å². The molecule has 2 rings (SSSR count). The van der Waals surface area contributed by atoms with E-state index in [9.17, 15) is 9.18 Å². The molecular weight excluding hydrogens is 297 g/mol. The fraction of sp³-hybridized carbons (Fsp3) is 0.294. The molecule has 0 atom stereocenters. The van der Waals surface area contributed by atoms with E-state index in [0.717, 1.165) is 5.56 Å². The summed E-state index contributed by atoms with van der Waals surface area (Å²) in [4.78, 5) is 15.8. The standard InChI is InChI=1S/C17H20FN3O2/c1-17(2,3)23-16(22)21-15-9-13(6-7-14(15)18)20-11-12-5-4-8-19-10-12/h4-10,20H,11H2,1-3H3,(H,21,22). The zero-order valence-electron chi connectivity index (χ0n) is 13.4. The first-order valence-electron chi connectivity index (χ1n) is 7.26. The molecule has 1 heterocycles. The van der Waals surface area contributed by atoms with Gasteiger partial charge in [-0.3, -0.25) is 10.3 Å². The molecule has 0 aliphatic rings. The van der Waals surface area contributed by atoms with E-state index in [2.05, 4.69) is 15.6 Å². The number of hydrogen-bond donors (Lipinski definition) is 2. The quantitative estimate of drug-likeness (QED) is 0.888. The number of aromatic nitrogens is 1. The van der Waals surface area contributed by atoms with Crippen LogP contribution in [0.25, 0.3) is 0 Å². The Hall–Kier alpha value is -2.63. The molecule has 5 nitrogen and oxygen atoms in total. The van der Waals surface area contributed by atoms with Gasteiger partial charge < -0.3 is 10.1 Å². The Bertz CT molecular complexity index is 669. The van der Waals surface area contributed by atoms with Gasteiger partial charge in [-0.2, -0.15) is 0 Å². The van der Waals surface area contributed by atoms with Crippen molar-refractivity contribution in [1.82, 2.24) is 4.98 Å². The Morgan fingerprint density at radius 2 is 2.09 bits per heavy atom. The van der Waals surface area contributed by atoms with Crippen molar-refractivity contribution in [2.24, 2.45) is 0 Å². The van der Waals surface area contributed by atoms with Gasteiger partial charge in [0.15, 0.2) is 0 Å². The second-order valence-corrected chi connectivity index (χ2v) is 6.04. The van der Waals surface area contributed by atoms with Gasteiger partial charge in [-0.25, -0.2) is 9.18 Å². The number of nitrogens with zero attached hydrogens (tertiary/aromatic N) is 1. The first-order valence-corrected chi connectivity index (χ1v) is 7.26. The highest BCUT2D eigenvalue weighted by atomic mass is 19.1. The van der Waals surface area contributed by atoms with Crippen LogP contribution in [0.3, 0.4) is 0 Å². The van der Waals surface area contributed by atoms with Gasteiger partial charge in [-0.05, 0) is 50.6 Å². The van der Waals surface area contributed by atoms with Gasteiger partial charge in [0, 0.05) is 24.6 Å². The average Bonchev–Trinajstić information content (AvgIpc) is 2.47. The third-order valence-corrected chi connectivity index (χ3v) is 2.82. The van der Waals surface area contributed by atoms with Crippen LogP contribution in [-0.4, -0.2) is 16.7 Å². The molecular formula is C17H20FN3O2. The van der Waals surface area contributed by atoms with E-state index in [-0.39, 0.29) is 5.69 Å². The molecule has 2 N–H and O–H groups in total. The zero-order chi connectivity index (χ0) is 16.9. The fourth-order valence-electron chi connectivity index (χ4n) is 1.85. The van der Waals surface area contributed by atoms with Crippen molar-refractivity contribution < 1.29 is 13.9 Å². The van der Waals surface area contributed by atoms with E-state index in [1.165, 1.54) is 12.1 Å². The highest BCUT2D eigenvalue weighted by Gasteiger charge is 2.17. The Morgan fingerprint density at radius 3 is 2.74 bits per heavy atom. The summed E-state index contributed by atoms with van der Waals surface area (Å²) in [7, 11) is 0. The van der Waals surface area contributed by atoms with Gasteiger partial charge in [0.2, 0.25) is 0 Å². The smallest absolute Gasteiger partial charge is 0.412 e. The third kappa shape index (κ3) is 5.58. The molecule has 1 amide bonds. The van der Waals surface area contributed by atoms with E-state index in [4.69, 9.17) is 4.74 Å². The number of pyridine rings is 1. The Kier molecular flexibility index (Phi) is 5.16. The maximum atomic E-state index is 13.8. The summed E-state index contributed by atoms with van der Waals surface area (Å²) in [6, 6.07) is 8.19. The lowest BCUT2D eigenvalue weighted by Gasteiger charge is -2.20. The molecule has 1 aromatic heterocycles. The second-order valence-electron chi connectivity index (χ2n) is 6.04. The van der Waals surface area contributed by atoms with Crippen LogP contribution in [-0.2, 0) is 11.3 Å². The minimum Gasteiger partial charge on any atom is -0.444 e. The number of nitrogens with one attached hydrogen (secondary N) is 2.